The number of piperazine rings is 1. The Bertz CT molecular complexity index is 539. The van der Waals surface area contributed by atoms with Crippen LogP contribution in [0.5, 0.6) is 0 Å². The molecule has 1 fully saturated rings. The summed E-state index contributed by atoms with van der Waals surface area (Å²) in [6.07, 6.45) is 0. The normalized spacial score (nSPS) is 15.2. The minimum atomic E-state index is -1.82. The molecule has 1 aromatic rings. The van der Waals surface area contributed by atoms with E-state index < -0.39 is 11.9 Å². The first kappa shape index (κ1) is 22.7. The minimum absolute atomic E-state index is 0.790. The second-order valence-electron chi connectivity index (χ2n) is 5.67. The fourth-order valence-electron chi connectivity index (χ4n) is 2.12. The third-order valence-corrected chi connectivity index (χ3v) is 4.87. The number of nitrogens with zero attached hydrogens (tertiary/aromatic N) is 2. The fraction of sp³-hybridized carbons (Fsp3) is 0.529. The number of carboxylic acid groups (broad SMARTS) is 2. The van der Waals surface area contributed by atoms with Gasteiger partial charge in [-0.15, -0.1) is 11.8 Å². The Morgan fingerprint density at radius 1 is 1.08 bits per heavy atom. The molecule has 0 saturated carbocycles. The van der Waals surface area contributed by atoms with Crippen LogP contribution < -0.4 is 0 Å². The molecule has 9 heteroatoms. The molecule has 1 saturated heterocycles. The zero-order valence-corrected chi connectivity index (χ0v) is 16.3. The van der Waals surface area contributed by atoms with E-state index in [0.29, 0.717) is 0 Å². The maximum absolute atomic E-state index is 9.10. The Hall–Kier alpha value is -1.32. The quantitative estimate of drug-likeness (QED) is 0.404. The number of carbonyl (C=O) groups is 2. The lowest BCUT2D eigenvalue weighted by Gasteiger charge is -2.32. The SMILES string of the molecule is CN1CCN(CCOCCSc2ccc(Cl)cc2)CC1.O=C(O)C(=O)O. The number of likely N-dealkylation sites (N-methyl/N-ethyl adjacent to an activating group) is 1. The van der Waals surface area contributed by atoms with Crippen molar-refractivity contribution >= 4 is 35.3 Å². The molecule has 0 radical (unpaired) electrons. The van der Waals surface area contributed by atoms with Crippen molar-refractivity contribution in [3.05, 3.63) is 29.3 Å². The number of rotatable bonds is 7. The summed E-state index contributed by atoms with van der Waals surface area (Å²) in [6.45, 7) is 7.38. The van der Waals surface area contributed by atoms with Gasteiger partial charge < -0.3 is 19.8 Å². The Morgan fingerprint density at radius 2 is 1.65 bits per heavy atom. The van der Waals surface area contributed by atoms with Crippen LogP contribution in [0.4, 0.5) is 0 Å². The van der Waals surface area contributed by atoms with E-state index in [1.54, 1.807) is 0 Å². The van der Waals surface area contributed by atoms with Crippen LogP contribution in [0.2, 0.25) is 5.02 Å². The monoisotopic (exact) mass is 404 g/mol. The summed E-state index contributed by atoms with van der Waals surface area (Å²) in [5, 5.41) is 15.6. The predicted molar refractivity (Wildman–Crippen MR) is 102 cm³/mol. The largest absolute Gasteiger partial charge is 0.473 e. The van der Waals surface area contributed by atoms with Crippen LogP contribution in [0.25, 0.3) is 0 Å². The van der Waals surface area contributed by atoms with E-state index in [-0.39, 0.29) is 0 Å². The lowest BCUT2D eigenvalue weighted by Crippen LogP contribution is -2.45. The molecule has 1 aliphatic heterocycles. The zero-order valence-electron chi connectivity index (χ0n) is 14.8. The predicted octanol–water partition coefficient (Wildman–Crippen LogP) is 1.85. The molecule has 0 aromatic heterocycles. The zero-order chi connectivity index (χ0) is 19.4. The van der Waals surface area contributed by atoms with Crippen LogP contribution in [-0.2, 0) is 14.3 Å². The van der Waals surface area contributed by atoms with Crippen molar-refractivity contribution in [3.63, 3.8) is 0 Å². The molecule has 0 spiro atoms. The summed E-state index contributed by atoms with van der Waals surface area (Å²) < 4.78 is 5.71. The number of hydrogen-bond donors (Lipinski definition) is 2. The third-order valence-electron chi connectivity index (χ3n) is 3.64. The van der Waals surface area contributed by atoms with E-state index in [1.807, 2.05) is 23.9 Å². The first-order valence-electron chi connectivity index (χ1n) is 8.21. The van der Waals surface area contributed by atoms with E-state index in [2.05, 4.69) is 29.0 Å². The van der Waals surface area contributed by atoms with E-state index >= 15 is 0 Å². The van der Waals surface area contributed by atoms with Gasteiger partial charge in [0, 0.05) is 48.4 Å². The second kappa shape index (κ2) is 12.9. The number of halogens is 1. The number of carboxylic acids is 2. The van der Waals surface area contributed by atoms with Crippen molar-refractivity contribution in [2.45, 2.75) is 4.90 Å². The minimum Gasteiger partial charge on any atom is -0.473 e. The van der Waals surface area contributed by atoms with Gasteiger partial charge in [-0.1, -0.05) is 11.6 Å². The van der Waals surface area contributed by atoms with Crippen molar-refractivity contribution < 1.29 is 24.5 Å². The van der Waals surface area contributed by atoms with E-state index in [4.69, 9.17) is 36.1 Å². The van der Waals surface area contributed by atoms with E-state index in [0.717, 1.165) is 30.5 Å². The highest BCUT2D eigenvalue weighted by molar-refractivity contribution is 7.99. The van der Waals surface area contributed by atoms with Gasteiger partial charge in [0.2, 0.25) is 0 Å². The van der Waals surface area contributed by atoms with Crippen LogP contribution in [0.1, 0.15) is 0 Å². The Kier molecular flexibility index (Phi) is 11.3. The molecule has 2 N–H and O–H groups in total. The van der Waals surface area contributed by atoms with Crippen LogP contribution in [-0.4, -0.2) is 90.7 Å². The van der Waals surface area contributed by atoms with Gasteiger partial charge in [0.1, 0.15) is 0 Å². The first-order valence-corrected chi connectivity index (χ1v) is 9.58. The molecule has 1 aromatic carbocycles. The highest BCUT2D eigenvalue weighted by Gasteiger charge is 2.12. The lowest BCUT2D eigenvalue weighted by atomic mass is 10.3. The summed E-state index contributed by atoms with van der Waals surface area (Å²) in [6, 6.07) is 7.96. The van der Waals surface area contributed by atoms with Crippen molar-refractivity contribution in [1.29, 1.82) is 0 Å². The molecule has 0 bridgehead atoms. The molecular formula is C17H25ClN2O5S. The van der Waals surface area contributed by atoms with Crippen LogP contribution in [0.15, 0.2) is 29.2 Å². The molecule has 0 atom stereocenters. The van der Waals surface area contributed by atoms with Gasteiger partial charge in [0.25, 0.3) is 0 Å². The Labute approximate surface area is 162 Å². The maximum atomic E-state index is 9.10. The van der Waals surface area contributed by atoms with Gasteiger partial charge in [0.05, 0.1) is 13.2 Å². The Morgan fingerprint density at radius 3 is 2.19 bits per heavy atom. The van der Waals surface area contributed by atoms with Gasteiger partial charge in [-0.05, 0) is 31.3 Å². The molecule has 1 aliphatic rings. The van der Waals surface area contributed by atoms with Crippen molar-refractivity contribution in [2.24, 2.45) is 0 Å². The standard InChI is InChI=1S/C15H23ClN2OS.C2H2O4/c1-17-6-8-18(9-7-17)10-11-19-12-13-20-15-4-2-14(16)3-5-15;3-1(4)2(5)6/h2-5H,6-13H2,1H3;(H,3,4)(H,5,6). The number of benzene rings is 1. The maximum Gasteiger partial charge on any atom is 0.414 e. The topological polar surface area (TPSA) is 90.3 Å². The summed E-state index contributed by atoms with van der Waals surface area (Å²) in [7, 11) is 2.18. The molecule has 1 heterocycles. The molecule has 2 rings (SSSR count). The third kappa shape index (κ3) is 10.6. The molecular weight excluding hydrogens is 380 g/mol. The van der Waals surface area contributed by atoms with Gasteiger partial charge in [-0.25, -0.2) is 9.59 Å². The second-order valence-corrected chi connectivity index (χ2v) is 7.27. The number of hydrogen-bond acceptors (Lipinski definition) is 6. The van der Waals surface area contributed by atoms with E-state index in [1.165, 1.54) is 31.1 Å². The molecule has 7 nitrogen and oxygen atoms in total. The molecule has 0 amide bonds. The lowest BCUT2D eigenvalue weighted by molar-refractivity contribution is -0.159. The average molecular weight is 405 g/mol. The highest BCUT2D eigenvalue weighted by atomic mass is 35.5. The van der Waals surface area contributed by atoms with Gasteiger partial charge >= 0.3 is 11.9 Å². The van der Waals surface area contributed by atoms with Crippen LogP contribution >= 0.6 is 23.4 Å². The summed E-state index contributed by atoms with van der Waals surface area (Å²) >= 11 is 7.67. The smallest absolute Gasteiger partial charge is 0.414 e. The first-order chi connectivity index (χ1) is 12.4. The molecule has 0 aliphatic carbocycles. The van der Waals surface area contributed by atoms with Crippen molar-refractivity contribution in [1.82, 2.24) is 9.80 Å². The Balaban J connectivity index is 0.000000487. The van der Waals surface area contributed by atoms with Crippen molar-refractivity contribution in [3.8, 4) is 0 Å². The number of thioether (sulfide) groups is 1. The summed E-state index contributed by atoms with van der Waals surface area (Å²) in [5.74, 6) is -2.66. The number of ether oxygens (including phenoxy) is 1. The van der Waals surface area contributed by atoms with Gasteiger partial charge in [-0.3, -0.25) is 4.90 Å². The highest BCUT2D eigenvalue weighted by Crippen LogP contribution is 2.19. The van der Waals surface area contributed by atoms with Gasteiger partial charge in [-0.2, -0.15) is 0 Å². The van der Waals surface area contributed by atoms with E-state index in [9.17, 15) is 0 Å². The van der Waals surface area contributed by atoms with Gasteiger partial charge in [0.15, 0.2) is 0 Å². The molecule has 146 valence electrons. The number of aliphatic carboxylic acids is 2. The van der Waals surface area contributed by atoms with Crippen LogP contribution in [0.3, 0.4) is 0 Å². The fourth-order valence-corrected chi connectivity index (χ4v) is 3.01. The van der Waals surface area contributed by atoms with Crippen LogP contribution in [0, 0.1) is 0 Å². The molecule has 26 heavy (non-hydrogen) atoms. The average Bonchev–Trinajstić information content (AvgIpc) is 2.61. The summed E-state index contributed by atoms with van der Waals surface area (Å²) in [5.41, 5.74) is 0. The molecule has 0 unspecified atom stereocenters. The van der Waals surface area contributed by atoms with Crippen molar-refractivity contribution in [2.75, 3.05) is 58.7 Å². The summed E-state index contributed by atoms with van der Waals surface area (Å²) in [4.78, 5) is 24.3.